The zero-order valence-corrected chi connectivity index (χ0v) is 27.6. The Morgan fingerprint density at radius 3 is 2.53 bits per heavy atom. The van der Waals surface area contributed by atoms with Crippen LogP contribution >= 0.6 is 22.9 Å². The standard InChI is InChI=1S/C34H38N8OS2/c1-22-20-41(33(43)37-28-7-5-6-26(19-28)31-21-44-23(2)36-31)16-17-42(22)34-38-32(39-45-34)30(25-10-12-27(35)13-11-25)18-24-8-14-29(15-9-24)40(3)4/h5-15,19,21-22,30H,16-18,20,35H2,1-4H3,(H,37,43). The number of rotatable bonds is 8. The normalized spacial score (nSPS) is 15.6. The molecule has 1 fully saturated rings. The van der Waals surface area contributed by atoms with E-state index in [1.54, 1.807) is 11.3 Å². The number of aryl methyl sites for hydroxylation is 1. The van der Waals surface area contributed by atoms with Gasteiger partial charge in [0.15, 0.2) is 5.82 Å². The van der Waals surface area contributed by atoms with Gasteiger partial charge in [0.2, 0.25) is 5.13 Å². The van der Waals surface area contributed by atoms with Gasteiger partial charge < -0.3 is 25.8 Å². The molecule has 2 amide bonds. The van der Waals surface area contributed by atoms with Gasteiger partial charge in [-0.3, -0.25) is 0 Å². The maximum absolute atomic E-state index is 13.3. The van der Waals surface area contributed by atoms with Crippen molar-refractivity contribution >= 4 is 51.1 Å². The third-order valence-corrected chi connectivity index (χ3v) is 9.70. The number of benzene rings is 3. The predicted molar refractivity (Wildman–Crippen MR) is 187 cm³/mol. The summed E-state index contributed by atoms with van der Waals surface area (Å²) in [5.41, 5.74) is 12.9. The van der Waals surface area contributed by atoms with Crippen molar-refractivity contribution in [2.45, 2.75) is 32.2 Å². The molecule has 0 saturated carbocycles. The summed E-state index contributed by atoms with van der Waals surface area (Å²) in [6, 6.07) is 24.5. The molecule has 45 heavy (non-hydrogen) atoms. The van der Waals surface area contributed by atoms with Crippen molar-refractivity contribution in [2.75, 3.05) is 54.6 Å². The Morgan fingerprint density at radius 2 is 1.84 bits per heavy atom. The SMILES string of the molecule is Cc1nc(-c2cccc(NC(=O)N3CCN(c4nc(C(Cc5ccc(N(C)C)cc5)c5ccc(N)cc5)ns4)C(C)C3)c2)cs1. The summed E-state index contributed by atoms with van der Waals surface area (Å²) < 4.78 is 4.86. The van der Waals surface area contributed by atoms with Gasteiger partial charge in [-0.1, -0.05) is 36.4 Å². The van der Waals surface area contributed by atoms with Crippen molar-refractivity contribution in [1.82, 2.24) is 19.2 Å². The number of piperazine rings is 1. The zero-order valence-electron chi connectivity index (χ0n) is 26.0. The first kappa shape index (κ1) is 30.5. The van der Waals surface area contributed by atoms with Crippen molar-refractivity contribution in [3.63, 3.8) is 0 Å². The number of carbonyl (C=O) groups is 1. The Bertz CT molecular complexity index is 1750. The Kier molecular flexibility index (Phi) is 8.99. The van der Waals surface area contributed by atoms with E-state index in [1.807, 2.05) is 67.7 Å². The minimum absolute atomic E-state index is 0.00728. The molecule has 9 nitrogen and oxygen atoms in total. The fraction of sp³-hybridized carbons (Fsp3) is 0.294. The van der Waals surface area contributed by atoms with Gasteiger partial charge in [-0.05, 0) is 67.8 Å². The van der Waals surface area contributed by atoms with Crippen LogP contribution in [-0.2, 0) is 6.42 Å². The maximum Gasteiger partial charge on any atom is 0.321 e. The topological polar surface area (TPSA) is 104 Å². The highest BCUT2D eigenvalue weighted by atomic mass is 32.1. The second-order valence-electron chi connectivity index (χ2n) is 11.7. The van der Waals surface area contributed by atoms with Gasteiger partial charge in [0.1, 0.15) is 0 Å². The number of nitrogens with zero attached hydrogens (tertiary/aromatic N) is 6. The minimum Gasteiger partial charge on any atom is -0.399 e. The zero-order chi connectivity index (χ0) is 31.5. The fourth-order valence-electron chi connectivity index (χ4n) is 5.62. The molecule has 3 aromatic carbocycles. The monoisotopic (exact) mass is 638 g/mol. The Hall–Kier alpha value is -4.48. The van der Waals surface area contributed by atoms with Crippen LogP contribution < -0.4 is 20.9 Å². The molecule has 3 heterocycles. The van der Waals surface area contributed by atoms with Crippen LogP contribution in [-0.4, -0.2) is 65.0 Å². The number of carbonyl (C=O) groups excluding carboxylic acids is 1. The van der Waals surface area contributed by atoms with Crippen LogP contribution in [0.5, 0.6) is 0 Å². The third kappa shape index (κ3) is 7.10. The predicted octanol–water partition coefficient (Wildman–Crippen LogP) is 6.74. The maximum atomic E-state index is 13.3. The molecule has 0 radical (unpaired) electrons. The highest BCUT2D eigenvalue weighted by molar-refractivity contribution is 7.10. The average Bonchev–Trinajstić information content (AvgIpc) is 3.70. The molecule has 0 spiro atoms. The lowest BCUT2D eigenvalue weighted by atomic mass is 9.91. The lowest BCUT2D eigenvalue weighted by Gasteiger charge is -2.39. The van der Waals surface area contributed by atoms with Crippen molar-refractivity contribution in [1.29, 1.82) is 0 Å². The highest BCUT2D eigenvalue weighted by Gasteiger charge is 2.30. The number of urea groups is 1. The van der Waals surface area contributed by atoms with Crippen LogP contribution in [0.1, 0.15) is 34.8 Å². The number of nitrogens with two attached hydrogens (primary N) is 1. The summed E-state index contributed by atoms with van der Waals surface area (Å²) in [6.45, 7) is 5.99. The highest BCUT2D eigenvalue weighted by Crippen LogP contribution is 2.32. The smallest absolute Gasteiger partial charge is 0.321 e. The molecule has 2 unspecified atom stereocenters. The van der Waals surface area contributed by atoms with E-state index in [4.69, 9.17) is 15.1 Å². The van der Waals surface area contributed by atoms with Crippen LogP contribution in [0.15, 0.2) is 78.2 Å². The van der Waals surface area contributed by atoms with Gasteiger partial charge in [-0.25, -0.2) is 14.8 Å². The second-order valence-corrected chi connectivity index (χ2v) is 13.5. The van der Waals surface area contributed by atoms with Crippen molar-refractivity contribution in [3.05, 3.63) is 100 Å². The number of aromatic nitrogens is 3. The summed E-state index contributed by atoms with van der Waals surface area (Å²) in [5.74, 6) is 0.797. The van der Waals surface area contributed by atoms with E-state index in [-0.39, 0.29) is 18.0 Å². The lowest BCUT2D eigenvalue weighted by molar-refractivity contribution is 0.200. The molecule has 1 saturated heterocycles. The number of nitrogen functional groups attached to an aromatic ring is 1. The first-order chi connectivity index (χ1) is 21.7. The number of hydrogen-bond acceptors (Lipinski definition) is 9. The van der Waals surface area contributed by atoms with Crippen LogP contribution in [0.3, 0.4) is 0 Å². The van der Waals surface area contributed by atoms with Gasteiger partial charge in [-0.2, -0.15) is 4.37 Å². The first-order valence-corrected chi connectivity index (χ1v) is 16.7. The number of nitrogens with one attached hydrogen (secondary N) is 1. The summed E-state index contributed by atoms with van der Waals surface area (Å²) in [4.78, 5) is 29.1. The molecule has 2 atom stereocenters. The minimum atomic E-state index is -0.102. The Labute approximate surface area is 272 Å². The first-order valence-electron chi connectivity index (χ1n) is 15.0. The van der Waals surface area contributed by atoms with Crippen molar-refractivity contribution in [2.24, 2.45) is 0 Å². The van der Waals surface area contributed by atoms with Crippen LogP contribution in [0, 0.1) is 6.92 Å². The van der Waals surface area contributed by atoms with E-state index in [2.05, 4.69) is 63.4 Å². The van der Waals surface area contributed by atoms with Crippen LogP contribution in [0.4, 0.5) is 27.0 Å². The van der Waals surface area contributed by atoms with E-state index in [9.17, 15) is 4.79 Å². The molecule has 11 heteroatoms. The number of hydrogen-bond donors (Lipinski definition) is 2. The summed E-state index contributed by atoms with van der Waals surface area (Å²) in [5, 5.41) is 7.02. The molecule has 1 aliphatic rings. The Balaban J connectivity index is 1.14. The van der Waals surface area contributed by atoms with E-state index in [0.29, 0.717) is 19.6 Å². The van der Waals surface area contributed by atoms with E-state index in [0.717, 1.165) is 56.3 Å². The molecular weight excluding hydrogens is 601 g/mol. The van der Waals surface area contributed by atoms with Crippen molar-refractivity contribution < 1.29 is 4.79 Å². The van der Waals surface area contributed by atoms with E-state index >= 15 is 0 Å². The van der Waals surface area contributed by atoms with E-state index in [1.165, 1.54) is 17.1 Å². The quantitative estimate of drug-likeness (QED) is 0.182. The molecule has 1 aliphatic heterocycles. The third-order valence-electron chi connectivity index (χ3n) is 8.16. The number of thiazole rings is 1. The molecule has 232 valence electrons. The fourth-order valence-corrected chi connectivity index (χ4v) is 7.09. The molecular formula is C34H38N8OS2. The molecule has 6 rings (SSSR count). The van der Waals surface area contributed by atoms with Gasteiger partial charge in [0, 0.05) is 85.2 Å². The summed E-state index contributed by atoms with van der Waals surface area (Å²) in [7, 11) is 4.09. The van der Waals surface area contributed by atoms with Gasteiger partial charge in [0.25, 0.3) is 0 Å². The average molecular weight is 639 g/mol. The van der Waals surface area contributed by atoms with Gasteiger partial charge in [-0.15, -0.1) is 11.3 Å². The van der Waals surface area contributed by atoms with Crippen molar-refractivity contribution in [3.8, 4) is 11.3 Å². The largest absolute Gasteiger partial charge is 0.399 e. The molecule has 3 N–H and O–H groups in total. The number of anilines is 4. The summed E-state index contributed by atoms with van der Waals surface area (Å²) >= 11 is 3.04. The van der Waals surface area contributed by atoms with E-state index < -0.39 is 0 Å². The molecule has 2 aromatic heterocycles. The van der Waals surface area contributed by atoms with Gasteiger partial charge in [0.05, 0.1) is 10.7 Å². The molecule has 0 aliphatic carbocycles. The van der Waals surface area contributed by atoms with Gasteiger partial charge >= 0.3 is 6.03 Å². The second kappa shape index (κ2) is 13.3. The Morgan fingerprint density at radius 1 is 1.07 bits per heavy atom. The van der Waals surface area contributed by atoms with Crippen LogP contribution in [0.25, 0.3) is 11.3 Å². The van der Waals surface area contributed by atoms with Crippen LogP contribution in [0.2, 0.25) is 0 Å². The lowest BCUT2D eigenvalue weighted by Crippen LogP contribution is -2.54. The number of amides is 2. The molecule has 5 aromatic rings. The molecule has 0 bridgehead atoms. The summed E-state index contributed by atoms with van der Waals surface area (Å²) in [6.07, 6.45) is 0.778.